The largest absolute Gasteiger partial charge is 0.488 e. The van der Waals surface area contributed by atoms with Gasteiger partial charge in [-0.25, -0.2) is 4.98 Å². The van der Waals surface area contributed by atoms with Gasteiger partial charge in [0, 0.05) is 19.0 Å². The summed E-state index contributed by atoms with van der Waals surface area (Å²) in [4.78, 5) is 4.42. The zero-order valence-electron chi connectivity index (χ0n) is 10.6. The summed E-state index contributed by atoms with van der Waals surface area (Å²) < 4.78 is 11.7. The fourth-order valence-electron chi connectivity index (χ4n) is 2.29. The van der Waals surface area contributed by atoms with E-state index in [-0.39, 0.29) is 23.3 Å². The molecular weight excluding hydrogens is 248 g/mol. The van der Waals surface area contributed by atoms with Crippen LogP contribution in [-0.2, 0) is 4.74 Å². The van der Waals surface area contributed by atoms with Gasteiger partial charge in [-0.3, -0.25) is 0 Å². The highest BCUT2D eigenvalue weighted by atomic mass is 32.1. The third kappa shape index (κ3) is 3.17. The van der Waals surface area contributed by atoms with E-state index in [2.05, 4.69) is 18.8 Å². The van der Waals surface area contributed by atoms with Gasteiger partial charge in [0.15, 0.2) is 0 Å². The molecule has 1 aromatic rings. The summed E-state index contributed by atoms with van der Waals surface area (Å²) in [6, 6.07) is 3.68. The summed E-state index contributed by atoms with van der Waals surface area (Å²) in [5.74, 6) is 0.663. The van der Waals surface area contributed by atoms with Crippen molar-refractivity contribution in [2.24, 2.45) is 5.73 Å². The number of thiocarbonyl (C=S) groups is 1. The molecule has 98 valence electrons. The van der Waals surface area contributed by atoms with E-state index in [1.807, 2.05) is 12.1 Å². The SMILES string of the molecule is CC1CC(Oc2cccnc2C(N)=S)CC(C)O1. The van der Waals surface area contributed by atoms with Crippen molar-refractivity contribution in [3.63, 3.8) is 0 Å². The average molecular weight is 266 g/mol. The third-order valence-electron chi connectivity index (χ3n) is 2.95. The highest BCUT2D eigenvalue weighted by Gasteiger charge is 2.26. The molecule has 5 heteroatoms. The Morgan fingerprint density at radius 1 is 1.44 bits per heavy atom. The smallest absolute Gasteiger partial charge is 0.148 e. The molecule has 0 bridgehead atoms. The minimum absolute atomic E-state index is 0.126. The van der Waals surface area contributed by atoms with E-state index in [4.69, 9.17) is 27.4 Å². The number of rotatable bonds is 3. The lowest BCUT2D eigenvalue weighted by Gasteiger charge is -2.32. The van der Waals surface area contributed by atoms with Gasteiger partial charge in [-0.2, -0.15) is 0 Å². The van der Waals surface area contributed by atoms with Gasteiger partial charge in [0.2, 0.25) is 0 Å². The predicted molar refractivity (Wildman–Crippen MR) is 73.8 cm³/mol. The van der Waals surface area contributed by atoms with E-state index in [9.17, 15) is 0 Å². The van der Waals surface area contributed by atoms with E-state index in [1.54, 1.807) is 6.20 Å². The molecule has 18 heavy (non-hydrogen) atoms. The van der Waals surface area contributed by atoms with E-state index >= 15 is 0 Å². The van der Waals surface area contributed by atoms with Crippen LogP contribution in [0.2, 0.25) is 0 Å². The molecule has 1 aliphatic rings. The lowest BCUT2D eigenvalue weighted by Crippen LogP contribution is -2.36. The molecular formula is C13H18N2O2S. The lowest BCUT2D eigenvalue weighted by molar-refractivity contribution is -0.0722. The first kappa shape index (κ1) is 13.2. The molecule has 2 atom stereocenters. The molecule has 0 amide bonds. The predicted octanol–water partition coefficient (Wildman–Crippen LogP) is 2.05. The van der Waals surface area contributed by atoms with Gasteiger partial charge < -0.3 is 15.2 Å². The molecule has 2 heterocycles. The van der Waals surface area contributed by atoms with Crippen LogP contribution in [0.3, 0.4) is 0 Å². The van der Waals surface area contributed by atoms with Gasteiger partial charge >= 0.3 is 0 Å². The van der Waals surface area contributed by atoms with Crippen LogP contribution in [0, 0.1) is 0 Å². The Morgan fingerprint density at radius 3 is 2.72 bits per heavy atom. The average Bonchev–Trinajstić information content (AvgIpc) is 2.27. The minimum atomic E-state index is 0.126. The number of nitrogens with zero attached hydrogens (tertiary/aromatic N) is 1. The Kier molecular flexibility index (Phi) is 4.14. The molecule has 0 aromatic carbocycles. The number of hydrogen-bond donors (Lipinski definition) is 1. The molecule has 2 unspecified atom stereocenters. The van der Waals surface area contributed by atoms with Crippen LogP contribution in [0.4, 0.5) is 0 Å². The quantitative estimate of drug-likeness (QED) is 0.849. The molecule has 1 aliphatic heterocycles. The van der Waals surface area contributed by atoms with Crippen molar-refractivity contribution in [1.82, 2.24) is 4.98 Å². The van der Waals surface area contributed by atoms with Crippen molar-refractivity contribution in [1.29, 1.82) is 0 Å². The fourth-order valence-corrected chi connectivity index (χ4v) is 2.44. The normalized spacial score (nSPS) is 27.8. The second kappa shape index (κ2) is 5.63. The fraction of sp³-hybridized carbons (Fsp3) is 0.538. The molecule has 4 nitrogen and oxygen atoms in total. The van der Waals surface area contributed by atoms with E-state index in [1.165, 1.54) is 0 Å². The first-order valence-electron chi connectivity index (χ1n) is 6.13. The van der Waals surface area contributed by atoms with E-state index in [0.29, 0.717) is 11.4 Å². The number of pyridine rings is 1. The van der Waals surface area contributed by atoms with Crippen LogP contribution in [0.25, 0.3) is 0 Å². The molecule has 2 N–H and O–H groups in total. The molecule has 0 spiro atoms. The van der Waals surface area contributed by atoms with Crippen LogP contribution >= 0.6 is 12.2 Å². The second-order valence-corrected chi connectivity index (χ2v) is 5.12. The molecule has 0 aliphatic carbocycles. The van der Waals surface area contributed by atoms with Gasteiger partial charge in [0.1, 0.15) is 22.5 Å². The maximum atomic E-state index is 5.98. The Balaban J connectivity index is 2.11. The molecule has 1 saturated heterocycles. The van der Waals surface area contributed by atoms with Crippen molar-refractivity contribution in [3.05, 3.63) is 24.0 Å². The summed E-state index contributed by atoms with van der Waals surface area (Å²) in [5.41, 5.74) is 6.19. The first-order chi connectivity index (χ1) is 8.56. The van der Waals surface area contributed by atoms with Crippen molar-refractivity contribution in [2.45, 2.75) is 45.0 Å². The van der Waals surface area contributed by atoms with Gasteiger partial charge in [-0.05, 0) is 26.0 Å². The number of ether oxygens (including phenoxy) is 2. The monoisotopic (exact) mass is 266 g/mol. The van der Waals surface area contributed by atoms with Crippen LogP contribution < -0.4 is 10.5 Å². The highest BCUT2D eigenvalue weighted by molar-refractivity contribution is 7.80. The lowest BCUT2D eigenvalue weighted by atomic mass is 10.0. The maximum absolute atomic E-state index is 5.98. The van der Waals surface area contributed by atoms with Crippen LogP contribution in [-0.4, -0.2) is 28.3 Å². The first-order valence-corrected chi connectivity index (χ1v) is 6.54. The Hall–Kier alpha value is -1.20. The zero-order chi connectivity index (χ0) is 13.1. The zero-order valence-corrected chi connectivity index (χ0v) is 11.4. The molecule has 2 rings (SSSR count). The van der Waals surface area contributed by atoms with E-state index in [0.717, 1.165) is 12.8 Å². The van der Waals surface area contributed by atoms with Crippen molar-refractivity contribution >= 4 is 17.2 Å². The van der Waals surface area contributed by atoms with Crippen molar-refractivity contribution in [3.8, 4) is 5.75 Å². The summed E-state index contributed by atoms with van der Waals surface area (Å²) in [6.07, 6.45) is 3.95. The molecule has 1 aromatic heterocycles. The summed E-state index contributed by atoms with van der Waals surface area (Å²) in [7, 11) is 0. The Labute approximate surface area is 112 Å². The van der Waals surface area contributed by atoms with Crippen LogP contribution in [0.1, 0.15) is 32.4 Å². The van der Waals surface area contributed by atoms with Crippen LogP contribution in [0.15, 0.2) is 18.3 Å². The van der Waals surface area contributed by atoms with Gasteiger partial charge in [-0.15, -0.1) is 0 Å². The summed E-state index contributed by atoms with van der Waals surface area (Å²) in [5, 5.41) is 0. The topological polar surface area (TPSA) is 57.4 Å². The maximum Gasteiger partial charge on any atom is 0.148 e. The van der Waals surface area contributed by atoms with Crippen molar-refractivity contribution < 1.29 is 9.47 Å². The number of nitrogens with two attached hydrogens (primary N) is 1. The number of hydrogen-bond acceptors (Lipinski definition) is 4. The van der Waals surface area contributed by atoms with E-state index < -0.39 is 0 Å². The Morgan fingerprint density at radius 2 is 2.11 bits per heavy atom. The van der Waals surface area contributed by atoms with Gasteiger partial charge in [-0.1, -0.05) is 12.2 Å². The van der Waals surface area contributed by atoms with Crippen molar-refractivity contribution in [2.75, 3.05) is 0 Å². The second-order valence-electron chi connectivity index (χ2n) is 4.68. The van der Waals surface area contributed by atoms with Gasteiger partial charge in [0.05, 0.1) is 12.2 Å². The summed E-state index contributed by atoms with van der Waals surface area (Å²) in [6.45, 7) is 4.12. The Bertz CT molecular complexity index is 429. The summed E-state index contributed by atoms with van der Waals surface area (Å²) >= 11 is 4.97. The highest BCUT2D eigenvalue weighted by Crippen LogP contribution is 2.25. The molecule has 0 radical (unpaired) electrons. The third-order valence-corrected chi connectivity index (χ3v) is 3.15. The minimum Gasteiger partial charge on any atom is -0.488 e. The molecule has 1 fully saturated rings. The molecule has 0 saturated carbocycles. The van der Waals surface area contributed by atoms with Gasteiger partial charge in [0.25, 0.3) is 0 Å². The standard InChI is InChI=1S/C13H18N2O2S/c1-8-6-10(7-9(2)16-8)17-11-4-3-5-15-12(11)13(14)18/h3-5,8-10H,6-7H2,1-2H3,(H2,14,18). The number of aromatic nitrogens is 1. The van der Waals surface area contributed by atoms with Crippen LogP contribution in [0.5, 0.6) is 5.75 Å².